The SMILES string of the molecule is CC(C)c1nccn1CCC(=O)N1CCCCC1c1nc(N)ncc1-c1cccc(C(F)(F)F)c1. The van der Waals surface area contributed by atoms with Crippen LogP contribution >= 0.6 is 0 Å². The minimum Gasteiger partial charge on any atom is -0.368 e. The van der Waals surface area contributed by atoms with Gasteiger partial charge < -0.3 is 15.2 Å². The lowest BCUT2D eigenvalue weighted by molar-refractivity contribution is -0.137. The Kier molecular flexibility index (Phi) is 7.09. The summed E-state index contributed by atoms with van der Waals surface area (Å²) in [6.07, 6.45) is 3.23. The number of benzene rings is 1. The Hall–Kier alpha value is -3.43. The maximum Gasteiger partial charge on any atom is 0.416 e. The predicted molar refractivity (Wildman–Crippen MR) is 126 cm³/mol. The highest BCUT2D eigenvalue weighted by Gasteiger charge is 2.33. The first-order valence-electron chi connectivity index (χ1n) is 11.8. The molecule has 1 atom stereocenters. The number of aromatic nitrogens is 4. The molecule has 0 spiro atoms. The second-order valence-electron chi connectivity index (χ2n) is 9.09. The van der Waals surface area contributed by atoms with Crippen LogP contribution in [0.25, 0.3) is 11.1 Å². The molecular formula is C25H29F3N6O. The van der Waals surface area contributed by atoms with Crippen LogP contribution in [0, 0.1) is 0 Å². The molecule has 1 saturated heterocycles. The Morgan fingerprint density at radius 3 is 2.77 bits per heavy atom. The minimum atomic E-state index is -4.47. The number of aryl methyl sites for hydroxylation is 1. The Balaban J connectivity index is 1.63. The third-order valence-corrected chi connectivity index (χ3v) is 6.31. The van der Waals surface area contributed by atoms with E-state index >= 15 is 0 Å². The van der Waals surface area contributed by atoms with Crippen molar-refractivity contribution in [3.63, 3.8) is 0 Å². The van der Waals surface area contributed by atoms with Crippen LogP contribution in [-0.4, -0.2) is 36.9 Å². The van der Waals surface area contributed by atoms with Gasteiger partial charge in [-0.05, 0) is 37.0 Å². The zero-order valence-corrected chi connectivity index (χ0v) is 19.8. The van der Waals surface area contributed by atoms with Crippen LogP contribution in [-0.2, 0) is 17.5 Å². The molecule has 4 rings (SSSR count). The molecule has 1 aromatic carbocycles. The highest BCUT2D eigenvalue weighted by atomic mass is 19.4. The molecule has 35 heavy (non-hydrogen) atoms. The van der Waals surface area contributed by atoms with Crippen molar-refractivity contribution in [2.75, 3.05) is 12.3 Å². The summed E-state index contributed by atoms with van der Waals surface area (Å²) in [6, 6.07) is 4.67. The lowest BCUT2D eigenvalue weighted by Gasteiger charge is -2.36. The summed E-state index contributed by atoms with van der Waals surface area (Å²) >= 11 is 0. The van der Waals surface area contributed by atoms with Gasteiger partial charge in [0, 0.05) is 49.6 Å². The number of alkyl halides is 3. The number of nitrogen functional groups attached to an aromatic ring is 1. The number of anilines is 1. The fraction of sp³-hybridized carbons (Fsp3) is 0.440. The number of hydrogen-bond donors (Lipinski definition) is 1. The molecule has 0 aliphatic carbocycles. The number of carbonyl (C=O) groups excluding carboxylic acids is 1. The van der Waals surface area contributed by atoms with Gasteiger partial charge in [-0.25, -0.2) is 15.0 Å². The van der Waals surface area contributed by atoms with E-state index in [1.807, 2.05) is 10.8 Å². The smallest absolute Gasteiger partial charge is 0.368 e. The molecule has 1 unspecified atom stereocenters. The van der Waals surface area contributed by atoms with Crippen LogP contribution in [0.5, 0.6) is 0 Å². The molecule has 0 radical (unpaired) electrons. The average Bonchev–Trinajstić information content (AvgIpc) is 3.31. The summed E-state index contributed by atoms with van der Waals surface area (Å²) < 4.78 is 42.0. The van der Waals surface area contributed by atoms with Crippen LogP contribution in [0.4, 0.5) is 19.1 Å². The standard InChI is InChI=1S/C25H29F3N6O/c1-16(2)23-30-10-13-33(23)12-9-21(35)34-11-4-3-8-20(34)22-19(15-31-24(29)32-22)17-6-5-7-18(14-17)25(26,27)28/h5-7,10,13-16,20H,3-4,8-9,11-12H2,1-2H3,(H2,29,31,32). The fourth-order valence-electron chi connectivity index (χ4n) is 4.63. The quantitative estimate of drug-likeness (QED) is 0.517. The molecule has 1 aliphatic heterocycles. The summed E-state index contributed by atoms with van der Waals surface area (Å²) in [7, 11) is 0. The van der Waals surface area contributed by atoms with E-state index in [1.165, 1.54) is 12.3 Å². The van der Waals surface area contributed by atoms with Gasteiger partial charge in [0.1, 0.15) is 5.82 Å². The van der Waals surface area contributed by atoms with Crippen LogP contribution in [0.15, 0.2) is 42.9 Å². The first kappa shape index (κ1) is 24.7. The average molecular weight is 487 g/mol. The molecule has 10 heteroatoms. The van der Waals surface area contributed by atoms with E-state index in [0.29, 0.717) is 36.3 Å². The summed E-state index contributed by atoms with van der Waals surface area (Å²) in [5.74, 6) is 1.14. The van der Waals surface area contributed by atoms with Crippen molar-refractivity contribution in [2.24, 2.45) is 0 Å². The van der Waals surface area contributed by atoms with Crippen LogP contribution in [0.1, 0.15) is 68.6 Å². The second-order valence-corrected chi connectivity index (χ2v) is 9.09. The van der Waals surface area contributed by atoms with E-state index in [-0.39, 0.29) is 24.2 Å². The van der Waals surface area contributed by atoms with E-state index in [4.69, 9.17) is 5.73 Å². The molecule has 2 N–H and O–H groups in total. The van der Waals surface area contributed by atoms with Crippen molar-refractivity contribution in [2.45, 2.75) is 64.2 Å². The summed E-state index contributed by atoms with van der Waals surface area (Å²) in [5.41, 5.74) is 6.40. The highest BCUT2D eigenvalue weighted by Crippen LogP contribution is 2.38. The third-order valence-electron chi connectivity index (χ3n) is 6.31. The van der Waals surface area contributed by atoms with E-state index in [2.05, 4.69) is 28.8 Å². The number of piperidine rings is 1. The molecule has 186 valence electrons. The molecule has 1 amide bonds. The van der Waals surface area contributed by atoms with Crippen LogP contribution < -0.4 is 5.73 Å². The van der Waals surface area contributed by atoms with Crippen molar-refractivity contribution in [1.82, 2.24) is 24.4 Å². The van der Waals surface area contributed by atoms with Gasteiger partial charge in [-0.1, -0.05) is 26.0 Å². The number of carbonyl (C=O) groups is 1. The number of amides is 1. The lowest BCUT2D eigenvalue weighted by Crippen LogP contribution is -2.39. The Morgan fingerprint density at radius 2 is 2.03 bits per heavy atom. The monoisotopic (exact) mass is 486 g/mol. The highest BCUT2D eigenvalue weighted by molar-refractivity contribution is 5.77. The maximum absolute atomic E-state index is 13.3. The number of rotatable bonds is 6. The number of likely N-dealkylation sites (tertiary alicyclic amines) is 1. The first-order chi connectivity index (χ1) is 16.6. The van der Waals surface area contributed by atoms with E-state index < -0.39 is 17.8 Å². The summed E-state index contributed by atoms with van der Waals surface area (Å²) in [6.45, 7) is 5.16. The molecule has 3 aromatic rings. The van der Waals surface area contributed by atoms with Crippen molar-refractivity contribution in [1.29, 1.82) is 0 Å². The van der Waals surface area contributed by atoms with Crippen molar-refractivity contribution >= 4 is 11.9 Å². The van der Waals surface area contributed by atoms with Crippen LogP contribution in [0.2, 0.25) is 0 Å². The number of imidazole rings is 1. The molecule has 3 heterocycles. The molecule has 1 fully saturated rings. The Bertz CT molecular complexity index is 1190. The normalized spacial score (nSPS) is 16.6. The Morgan fingerprint density at radius 1 is 1.23 bits per heavy atom. The molecule has 2 aromatic heterocycles. The van der Waals surface area contributed by atoms with Gasteiger partial charge in [0.25, 0.3) is 0 Å². The number of nitrogens with zero attached hydrogens (tertiary/aromatic N) is 5. The Labute approximate surface area is 202 Å². The molecular weight excluding hydrogens is 457 g/mol. The molecule has 7 nitrogen and oxygen atoms in total. The number of halogens is 3. The van der Waals surface area contributed by atoms with E-state index in [1.54, 1.807) is 17.2 Å². The molecule has 1 aliphatic rings. The largest absolute Gasteiger partial charge is 0.416 e. The lowest BCUT2D eigenvalue weighted by atomic mass is 9.93. The summed E-state index contributed by atoms with van der Waals surface area (Å²) in [4.78, 5) is 28.0. The second kappa shape index (κ2) is 10.1. The fourth-order valence-corrected chi connectivity index (χ4v) is 4.63. The molecule has 0 saturated carbocycles. The van der Waals surface area contributed by atoms with E-state index in [9.17, 15) is 18.0 Å². The zero-order chi connectivity index (χ0) is 25.2. The van der Waals surface area contributed by atoms with Gasteiger partial charge in [0.2, 0.25) is 11.9 Å². The third kappa shape index (κ3) is 5.47. The van der Waals surface area contributed by atoms with Gasteiger partial charge >= 0.3 is 6.18 Å². The topological polar surface area (TPSA) is 89.9 Å². The van der Waals surface area contributed by atoms with Gasteiger partial charge in [-0.15, -0.1) is 0 Å². The van der Waals surface area contributed by atoms with Crippen molar-refractivity contribution in [3.8, 4) is 11.1 Å². The van der Waals surface area contributed by atoms with E-state index in [0.717, 1.165) is 30.8 Å². The molecule has 0 bridgehead atoms. The van der Waals surface area contributed by atoms with Crippen LogP contribution in [0.3, 0.4) is 0 Å². The summed E-state index contributed by atoms with van der Waals surface area (Å²) in [5, 5.41) is 0. The number of nitrogens with two attached hydrogens (primary N) is 1. The maximum atomic E-state index is 13.3. The predicted octanol–water partition coefficient (Wildman–Crippen LogP) is 5.21. The van der Waals surface area contributed by atoms with Gasteiger partial charge in [-0.3, -0.25) is 4.79 Å². The van der Waals surface area contributed by atoms with Crippen molar-refractivity contribution in [3.05, 3.63) is 59.9 Å². The van der Waals surface area contributed by atoms with Crippen molar-refractivity contribution < 1.29 is 18.0 Å². The van der Waals surface area contributed by atoms with Gasteiger partial charge in [0.15, 0.2) is 0 Å². The minimum absolute atomic E-state index is 0.0219. The number of hydrogen-bond acceptors (Lipinski definition) is 5. The van der Waals surface area contributed by atoms with Gasteiger partial charge in [-0.2, -0.15) is 13.2 Å². The van der Waals surface area contributed by atoms with Gasteiger partial charge in [0.05, 0.1) is 17.3 Å². The first-order valence-corrected chi connectivity index (χ1v) is 11.8. The zero-order valence-electron chi connectivity index (χ0n) is 19.8.